The van der Waals surface area contributed by atoms with E-state index in [0.717, 1.165) is 63.3 Å². The Balaban J connectivity index is 0.961. The molecule has 132 heavy (non-hydrogen) atoms. The second kappa shape index (κ2) is 57.4. The predicted octanol–water partition coefficient (Wildman–Crippen LogP) is 6.96. The number of Topliss-reactive ketones (excluding diaryl/α,β-unsaturated/α-hetero) is 4. The third kappa shape index (κ3) is 33.4. The fraction of sp³-hybridized carbons (Fsp3) is 0.731. The van der Waals surface area contributed by atoms with Gasteiger partial charge in [0.25, 0.3) is 0 Å². The monoisotopic (exact) mass is 2030 g/mol. The molecule has 2 aliphatic carbocycles. The molecule has 0 spiro atoms. The minimum atomic E-state index is -2.08. The fourth-order valence-corrected chi connectivity index (χ4v) is 20.5. The minimum Gasteiger partial charge on any atom is -0.492 e. The molecule has 4 amide bonds. The lowest BCUT2D eigenvalue weighted by Crippen LogP contribution is -2.65. The zero-order valence-corrected chi connectivity index (χ0v) is 83.5. The Bertz CT molecular complexity index is 4170. The van der Waals surface area contributed by atoms with E-state index in [1.807, 2.05) is 62.1 Å². The number of ketones is 4. The molecule has 22 atom stereocenters. The van der Waals surface area contributed by atoms with Gasteiger partial charge >= 0.3 is 12.0 Å². The lowest BCUT2D eigenvalue weighted by Gasteiger charge is -2.47. The van der Waals surface area contributed by atoms with E-state index >= 15 is 0 Å². The fourth-order valence-electron chi connectivity index (χ4n) is 16.9. The van der Waals surface area contributed by atoms with E-state index in [1.165, 1.54) is 58.3 Å². The number of fused-ring (bicyclic) bond motifs is 2. The van der Waals surface area contributed by atoms with Gasteiger partial charge in [0.1, 0.15) is 48.2 Å². The number of aliphatic hydroxyl groups excluding tert-OH is 4. The van der Waals surface area contributed by atoms with Crippen LogP contribution >= 0.6 is 55.9 Å². The van der Waals surface area contributed by atoms with Crippen LogP contribution in [0.1, 0.15) is 207 Å². The molecule has 4 heterocycles. The van der Waals surface area contributed by atoms with Crippen molar-refractivity contribution in [3.8, 4) is 40.9 Å². The highest BCUT2D eigenvalue weighted by molar-refractivity contribution is 14.1. The number of nitrogens with zero attached hydrogens (tertiary/aromatic N) is 1. The number of allylic oxidation sites excluding steroid dienone is 2. The molecule has 14 N–H and O–H groups in total. The first-order valence-corrected chi connectivity index (χ1v) is 50.3. The van der Waals surface area contributed by atoms with Gasteiger partial charge in [0.15, 0.2) is 47.5 Å². The summed E-state index contributed by atoms with van der Waals surface area (Å²) in [5.74, 6) is 8.18. The van der Waals surface area contributed by atoms with Crippen LogP contribution in [-0.4, -0.2) is 303 Å². The minimum absolute atomic E-state index is 0.00411. The molecule has 4 saturated heterocycles. The molecule has 4 aliphatic heterocycles. The maximum atomic E-state index is 14.7. The van der Waals surface area contributed by atoms with Crippen LogP contribution in [0.2, 0.25) is 0 Å². The Kier molecular flexibility index (Phi) is 49.2. The Morgan fingerprint density at radius 2 is 1.42 bits per heavy atom. The molecule has 742 valence electrons. The summed E-state index contributed by atoms with van der Waals surface area (Å²) in [5.41, 5.74) is 12.5. The molecular formula is C93H143IN8O27S3. The van der Waals surface area contributed by atoms with Gasteiger partial charge < -0.3 is 120 Å². The van der Waals surface area contributed by atoms with Gasteiger partial charge in [0.2, 0.25) is 29.0 Å². The molecule has 6 aliphatic rings. The number of amides is 4. The molecule has 39 heteroatoms. The van der Waals surface area contributed by atoms with Crippen molar-refractivity contribution in [2.45, 2.75) is 324 Å². The summed E-state index contributed by atoms with van der Waals surface area (Å²) >= 11 is 2.81. The van der Waals surface area contributed by atoms with Crippen LogP contribution in [0.4, 0.5) is 4.79 Å². The first-order chi connectivity index (χ1) is 63.0. The number of rotatable bonds is 56. The van der Waals surface area contributed by atoms with Crippen LogP contribution in [-0.2, 0) is 81.0 Å². The zero-order chi connectivity index (χ0) is 97.1. The smallest absolute Gasteiger partial charge is 0.312 e. The van der Waals surface area contributed by atoms with E-state index in [4.69, 9.17) is 73.1 Å². The SMILES string of the molecule is CCN(CC(=O)CCCCCCCCCNCCCNC(=O)[C@H](CCCNC(N)=O)CC(=O)[C@@H](NC(=O)[C@H](CCCCN)CC(C)=O)C(C)C)[C@H]1CO[C@@H](O[C@H]2[C@H](O[C@H]3C#C/C=C\C#C[C@]4(O)CC(=O)C(CC(=O)OC)=C3/C4=C\CSSC(C)C)O[C@H](C)[C@@H](NO[C@H]3C[C@H](O)[C@H](SC(=O)c4c(C)c(I)c(O[C@@H]5O[C@@H](C)[C@H](O)[C@@H](OC)[C@H]5O)c(OC)c4OC)[C@@H](C)O3)[C@@H]2O)C[C@@H]1OC. The topological polar surface area (TPSA) is 490 Å². The number of methoxy groups -OCH3 is 5. The van der Waals surface area contributed by atoms with E-state index < -0.39 is 169 Å². The van der Waals surface area contributed by atoms with Gasteiger partial charge in [-0.1, -0.05) is 136 Å². The molecule has 35 nitrogen and oxygen atoms in total. The maximum Gasteiger partial charge on any atom is 0.312 e. The van der Waals surface area contributed by atoms with Gasteiger partial charge in [-0.3, -0.25) is 43.3 Å². The first-order valence-electron chi connectivity index (χ1n) is 45.9. The molecule has 0 unspecified atom stereocenters. The van der Waals surface area contributed by atoms with Crippen molar-refractivity contribution in [3.05, 3.63) is 49.6 Å². The van der Waals surface area contributed by atoms with Crippen LogP contribution in [0.25, 0.3) is 0 Å². The van der Waals surface area contributed by atoms with Crippen molar-refractivity contribution < 1.29 is 130 Å². The summed E-state index contributed by atoms with van der Waals surface area (Å²) < 4.78 is 74.3. The Morgan fingerprint density at radius 1 is 0.742 bits per heavy atom. The number of carbonyl (C=O) groups is 9. The normalized spacial score (nSPS) is 27.9. The molecule has 0 radical (unpaired) electrons. The van der Waals surface area contributed by atoms with Gasteiger partial charge in [-0.15, -0.1) is 0 Å². The van der Waals surface area contributed by atoms with Crippen LogP contribution < -0.4 is 52.4 Å². The van der Waals surface area contributed by atoms with Crippen molar-refractivity contribution in [2.24, 2.45) is 29.2 Å². The highest BCUT2D eigenvalue weighted by atomic mass is 127. The van der Waals surface area contributed by atoms with Gasteiger partial charge in [-0.05, 0) is 152 Å². The summed E-state index contributed by atoms with van der Waals surface area (Å²) in [6, 6.07) is -3.14. The number of benzene rings is 1. The second-order valence-corrected chi connectivity index (χ2v) is 40.0. The summed E-state index contributed by atoms with van der Waals surface area (Å²) in [7, 11) is 9.89. The Hall–Kier alpha value is -5.95. The number of urea groups is 1. The number of hydroxylamine groups is 1. The molecular weight excluding hydrogens is 1880 g/mol. The third-order valence-corrected chi connectivity index (χ3v) is 29.6. The largest absolute Gasteiger partial charge is 0.492 e. The summed E-state index contributed by atoms with van der Waals surface area (Å²) in [6.07, 6.45) is -4.38. The molecule has 0 aromatic heterocycles. The van der Waals surface area contributed by atoms with Crippen LogP contribution in [0.5, 0.6) is 17.2 Å². The highest BCUT2D eigenvalue weighted by Gasteiger charge is 2.53. The number of ether oxygens (including phenoxy) is 12. The van der Waals surface area contributed by atoms with Gasteiger partial charge in [0, 0.05) is 99.0 Å². The van der Waals surface area contributed by atoms with E-state index in [-0.39, 0.29) is 125 Å². The van der Waals surface area contributed by atoms with Crippen molar-refractivity contribution in [3.63, 3.8) is 0 Å². The average molecular weight is 2030 g/mol. The zero-order valence-electron chi connectivity index (χ0n) is 78.9. The second-order valence-electron chi connectivity index (χ2n) is 34.8. The molecule has 7 rings (SSSR count). The van der Waals surface area contributed by atoms with Gasteiger partial charge in [0.05, 0.1) is 110 Å². The summed E-state index contributed by atoms with van der Waals surface area (Å²) in [6.45, 7) is 20.8. The summed E-state index contributed by atoms with van der Waals surface area (Å²) in [5, 5.41) is 70.0. The van der Waals surface area contributed by atoms with Gasteiger partial charge in [-0.2, -0.15) is 5.48 Å². The molecule has 0 saturated carbocycles. The van der Waals surface area contributed by atoms with E-state index in [1.54, 1.807) is 51.7 Å². The molecule has 1 aromatic rings. The number of nitrogens with one attached hydrogen (secondary N) is 5. The Morgan fingerprint density at radius 3 is 2.07 bits per heavy atom. The molecule has 2 bridgehead atoms. The lowest BCUT2D eigenvalue weighted by molar-refractivity contribution is -0.337. The van der Waals surface area contributed by atoms with Crippen LogP contribution in [0, 0.1) is 51.9 Å². The van der Waals surface area contributed by atoms with E-state index in [9.17, 15) is 68.7 Å². The number of halogens is 1. The first kappa shape index (κ1) is 113. The van der Waals surface area contributed by atoms with Gasteiger partial charge in [-0.25, -0.2) is 4.79 Å². The number of esters is 1. The molecule has 4 fully saturated rings. The molecule has 1 aromatic carbocycles. The predicted molar refractivity (Wildman–Crippen MR) is 507 cm³/mol. The number of primary amides is 1. The van der Waals surface area contributed by atoms with Crippen LogP contribution in [0.3, 0.4) is 0 Å². The number of carbonyl (C=O) groups excluding carboxylic acids is 9. The average Bonchev–Trinajstić information content (AvgIpc) is 0.747. The lowest BCUT2D eigenvalue weighted by atomic mass is 9.72. The number of likely N-dealkylation sites (N-methyl/N-ethyl adjacent to an activating group) is 1. The van der Waals surface area contributed by atoms with Crippen molar-refractivity contribution >= 4 is 108 Å². The standard InChI is InChI=1S/C93H143IN8O27S3/c1-16-102(50-61(104)34-24-20-18-17-19-23-29-39-97-40-31-42-98-87(112)60(33-30-41-99-92(96)115)45-65(105)76(52(2)3)100-88(113)59(44-54(6)103)32-26-28-38-95)64-51-122-71(48-69(64)117-11)127-84-79(110)77(56(8)124-91(84)126-68-35-25-21-22-27-37-93(116)49-67(107)62(46-70(108)118-12)74(68)63(93)36-43-130-132-53(4)5)101-129-72-47-66(106)86(58(10)123-72)131-89(114)73-55(7)75(94)82(85(121-15)81(73)119-13)128-90-80(111)83(120-14)78(109)57(9)125-90/h21-22,36,52-53,56-60,64,66,68-69,71-72,76-80,83-84,86,90-91,97,101,106,109-111,116H,16-20,23-24,26,28-34,38-51,95H2,1-15H3,(H,98,112)(H,100,113)(H3,96,99,115)/b22-21-,63-36+/t56-,57+,58-,59-,60-,64+,66+,68+,69+,71+,72+,76+,77-,78+,79+,80-,83-,84-,86-,90+,91+,93+/m1/s1. The number of hydrogen-bond donors (Lipinski definition) is 12. The van der Waals surface area contributed by atoms with Crippen molar-refractivity contribution in [2.75, 3.05) is 93.7 Å². The third-order valence-electron chi connectivity index (χ3n) is 24.1. The van der Waals surface area contributed by atoms with E-state index in [0.29, 0.717) is 86.0 Å². The maximum absolute atomic E-state index is 14.7. The number of aliphatic hydroxyl groups is 5. The summed E-state index contributed by atoms with van der Waals surface area (Å²) in [4.78, 5) is 129. The number of unbranched alkanes of at least 4 members (excludes halogenated alkanes) is 7. The highest BCUT2D eigenvalue weighted by Crippen LogP contribution is 2.50. The van der Waals surface area contributed by atoms with Crippen LogP contribution in [0.15, 0.2) is 34.9 Å². The number of hydrogen-bond acceptors (Lipinski definition) is 34. The van der Waals surface area contributed by atoms with Crippen molar-refractivity contribution in [1.29, 1.82) is 0 Å². The Labute approximate surface area is 802 Å². The number of nitrogens with two attached hydrogens (primary N) is 2. The number of thioether (sulfide) groups is 1. The quantitative estimate of drug-likeness (QED) is 0.00782. The van der Waals surface area contributed by atoms with Crippen molar-refractivity contribution in [1.82, 2.24) is 31.6 Å². The van der Waals surface area contributed by atoms with E-state index in [2.05, 4.69) is 50.4 Å².